The normalized spacial score (nSPS) is 11.9. The number of hydrogen-bond acceptors (Lipinski definition) is 5. The van der Waals surface area contributed by atoms with Crippen molar-refractivity contribution in [3.63, 3.8) is 0 Å². The number of thiophene rings is 1. The van der Waals surface area contributed by atoms with Gasteiger partial charge in [-0.2, -0.15) is 0 Å². The van der Waals surface area contributed by atoms with Crippen LogP contribution in [0.3, 0.4) is 0 Å². The topological polar surface area (TPSA) is 90.9 Å². The van der Waals surface area contributed by atoms with Gasteiger partial charge in [0.05, 0.1) is 23.4 Å². The van der Waals surface area contributed by atoms with Gasteiger partial charge in [0.1, 0.15) is 5.69 Å². The number of rotatable bonds is 4. The summed E-state index contributed by atoms with van der Waals surface area (Å²) < 4.78 is 23.1. The molecule has 2 N–H and O–H groups in total. The molecular weight excluding hydrogens is 260 g/mol. The highest BCUT2D eigenvalue weighted by Gasteiger charge is 2.09. The maximum absolute atomic E-state index is 10.8. The summed E-state index contributed by atoms with van der Waals surface area (Å²) in [5.74, 6) is -0.140. The third-order valence-corrected chi connectivity index (χ3v) is 4.03. The van der Waals surface area contributed by atoms with Crippen LogP contribution in [-0.2, 0) is 16.6 Å². The van der Waals surface area contributed by atoms with Crippen LogP contribution >= 0.6 is 11.3 Å². The van der Waals surface area contributed by atoms with E-state index in [1.807, 2.05) is 18.4 Å². The fourth-order valence-electron chi connectivity index (χ4n) is 1.37. The summed E-state index contributed by atoms with van der Waals surface area (Å²) in [6.45, 7) is 2.21. The lowest BCUT2D eigenvalue weighted by molar-refractivity contribution is 0.576. The van der Waals surface area contributed by atoms with Gasteiger partial charge in [0, 0.05) is 0 Å². The zero-order valence-electron chi connectivity index (χ0n) is 9.20. The van der Waals surface area contributed by atoms with Crippen LogP contribution in [0.4, 0.5) is 0 Å². The van der Waals surface area contributed by atoms with E-state index < -0.39 is 10.0 Å². The molecule has 0 amide bonds. The molecule has 0 saturated heterocycles. The Bertz CT molecular complexity index is 614. The summed E-state index contributed by atoms with van der Waals surface area (Å²) in [6, 6.07) is 2.00. The van der Waals surface area contributed by atoms with Crippen LogP contribution in [0.2, 0.25) is 0 Å². The Balaban J connectivity index is 2.14. The van der Waals surface area contributed by atoms with Crippen molar-refractivity contribution < 1.29 is 8.42 Å². The van der Waals surface area contributed by atoms with E-state index in [-0.39, 0.29) is 12.3 Å². The molecule has 0 aliphatic rings. The number of nitrogens with zero attached hydrogens (tertiary/aromatic N) is 3. The van der Waals surface area contributed by atoms with Crippen LogP contribution in [0.25, 0.3) is 10.6 Å². The average molecular weight is 272 g/mol. The van der Waals surface area contributed by atoms with Crippen LogP contribution in [0.15, 0.2) is 17.6 Å². The highest BCUT2D eigenvalue weighted by molar-refractivity contribution is 7.89. The van der Waals surface area contributed by atoms with Crippen molar-refractivity contribution in [1.29, 1.82) is 0 Å². The number of nitrogens with two attached hydrogens (primary N) is 1. The van der Waals surface area contributed by atoms with Gasteiger partial charge in [-0.15, -0.1) is 16.4 Å². The minimum atomic E-state index is -3.46. The molecule has 0 spiro atoms. The van der Waals surface area contributed by atoms with E-state index in [9.17, 15) is 8.42 Å². The predicted octanol–water partition coefficient (Wildman–Crippen LogP) is 0.604. The van der Waals surface area contributed by atoms with Crippen molar-refractivity contribution in [1.82, 2.24) is 15.0 Å². The van der Waals surface area contributed by atoms with Gasteiger partial charge >= 0.3 is 0 Å². The Kier molecular flexibility index (Phi) is 3.27. The molecule has 92 valence electrons. The van der Waals surface area contributed by atoms with E-state index in [2.05, 4.69) is 10.3 Å². The molecule has 0 atom stereocenters. The molecule has 0 aliphatic carbocycles. The van der Waals surface area contributed by atoms with Gasteiger partial charge in [-0.05, 0) is 23.9 Å². The van der Waals surface area contributed by atoms with Crippen molar-refractivity contribution in [3.05, 3.63) is 23.2 Å². The highest BCUT2D eigenvalue weighted by Crippen LogP contribution is 2.26. The van der Waals surface area contributed by atoms with Gasteiger partial charge in [0.15, 0.2) is 0 Å². The molecule has 2 rings (SSSR count). The molecule has 0 fully saturated rings. The van der Waals surface area contributed by atoms with Gasteiger partial charge in [-0.25, -0.2) is 13.6 Å². The minimum absolute atomic E-state index is 0.140. The Morgan fingerprint density at radius 2 is 2.29 bits per heavy atom. The molecule has 0 aromatic carbocycles. The second-order valence-corrected chi connectivity index (χ2v) is 6.32. The van der Waals surface area contributed by atoms with Gasteiger partial charge in [-0.3, -0.25) is 4.68 Å². The van der Waals surface area contributed by atoms with Crippen molar-refractivity contribution in [2.24, 2.45) is 5.14 Å². The molecule has 0 aliphatic heterocycles. The lowest BCUT2D eigenvalue weighted by Gasteiger charge is -1.97. The van der Waals surface area contributed by atoms with Crippen LogP contribution < -0.4 is 5.14 Å². The molecular formula is C9H12N4O2S2. The van der Waals surface area contributed by atoms with E-state index in [1.54, 1.807) is 17.5 Å². The van der Waals surface area contributed by atoms with Gasteiger partial charge in [0.25, 0.3) is 0 Å². The first-order chi connectivity index (χ1) is 7.96. The standard InChI is InChI=1S/C9H12N4O2S2/c1-7-2-4-16-9(7)8-6-13(12-11-8)3-5-17(10,14)15/h2,4,6H,3,5H2,1H3,(H2,10,14,15). The van der Waals surface area contributed by atoms with E-state index in [0.29, 0.717) is 0 Å². The monoisotopic (exact) mass is 272 g/mol. The molecule has 0 radical (unpaired) electrons. The van der Waals surface area contributed by atoms with E-state index in [1.165, 1.54) is 4.68 Å². The first-order valence-corrected chi connectivity index (χ1v) is 7.50. The highest BCUT2D eigenvalue weighted by atomic mass is 32.2. The second-order valence-electron chi connectivity index (χ2n) is 3.67. The lowest BCUT2D eigenvalue weighted by atomic mass is 10.2. The fourth-order valence-corrected chi connectivity index (χ4v) is 2.69. The summed E-state index contributed by atoms with van der Waals surface area (Å²) in [5, 5.41) is 14.8. The smallest absolute Gasteiger partial charge is 0.210 e. The molecule has 0 bridgehead atoms. The van der Waals surface area contributed by atoms with E-state index >= 15 is 0 Å². The third-order valence-electron chi connectivity index (χ3n) is 2.24. The number of primary sulfonamides is 1. The number of aromatic nitrogens is 3. The maximum atomic E-state index is 10.8. The summed E-state index contributed by atoms with van der Waals surface area (Å²) in [5.41, 5.74) is 1.89. The molecule has 2 aromatic heterocycles. The Morgan fingerprint density at radius 3 is 2.88 bits per heavy atom. The molecule has 17 heavy (non-hydrogen) atoms. The van der Waals surface area contributed by atoms with Crippen molar-refractivity contribution in [2.45, 2.75) is 13.5 Å². The first-order valence-electron chi connectivity index (χ1n) is 4.91. The number of hydrogen-bond donors (Lipinski definition) is 1. The third kappa shape index (κ3) is 3.11. The van der Waals surface area contributed by atoms with Crippen molar-refractivity contribution in [2.75, 3.05) is 5.75 Å². The number of sulfonamides is 1. The van der Waals surface area contributed by atoms with E-state index in [4.69, 9.17) is 5.14 Å². The van der Waals surface area contributed by atoms with Gasteiger partial charge in [-0.1, -0.05) is 5.21 Å². The zero-order valence-corrected chi connectivity index (χ0v) is 10.8. The van der Waals surface area contributed by atoms with Crippen molar-refractivity contribution in [3.8, 4) is 10.6 Å². The minimum Gasteiger partial charge on any atom is -0.251 e. The summed E-state index contributed by atoms with van der Waals surface area (Å²) >= 11 is 1.58. The summed E-state index contributed by atoms with van der Waals surface area (Å²) in [4.78, 5) is 1.05. The van der Waals surface area contributed by atoms with Gasteiger partial charge in [0.2, 0.25) is 10.0 Å². The predicted molar refractivity (Wildman–Crippen MR) is 66.0 cm³/mol. The molecule has 0 unspecified atom stereocenters. The Hall–Kier alpha value is -1.25. The fraction of sp³-hybridized carbons (Fsp3) is 0.333. The van der Waals surface area contributed by atoms with Crippen LogP contribution in [0, 0.1) is 6.92 Å². The van der Waals surface area contributed by atoms with E-state index in [0.717, 1.165) is 16.1 Å². The molecule has 2 aromatic rings. The first kappa shape index (κ1) is 12.2. The molecule has 2 heterocycles. The Labute approximate surface area is 103 Å². The average Bonchev–Trinajstić information content (AvgIpc) is 2.81. The van der Waals surface area contributed by atoms with Crippen LogP contribution in [0.1, 0.15) is 5.56 Å². The summed E-state index contributed by atoms with van der Waals surface area (Å²) in [7, 11) is -3.46. The quantitative estimate of drug-likeness (QED) is 0.882. The second kappa shape index (κ2) is 4.55. The maximum Gasteiger partial charge on any atom is 0.210 e. The lowest BCUT2D eigenvalue weighted by Crippen LogP contribution is -2.20. The zero-order chi connectivity index (χ0) is 12.5. The largest absolute Gasteiger partial charge is 0.251 e. The van der Waals surface area contributed by atoms with Crippen molar-refractivity contribution >= 4 is 21.4 Å². The molecule has 8 heteroatoms. The molecule has 6 nitrogen and oxygen atoms in total. The van der Waals surface area contributed by atoms with Crippen LogP contribution in [-0.4, -0.2) is 29.2 Å². The Morgan fingerprint density at radius 1 is 1.53 bits per heavy atom. The van der Waals surface area contributed by atoms with Gasteiger partial charge < -0.3 is 0 Å². The summed E-state index contributed by atoms with van der Waals surface area (Å²) in [6.07, 6.45) is 1.73. The number of aryl methyl sites for hydroxylation is 2. The molecule has 0 saturated carbocycles. The van der Waals surface area contributed by atoms with Crippen LogP contribution in [0.5, 0.6) is 0 Å². The SMILES string of the molecule is Cc1ccsc1-c1cn(CCS(N)(=O)=O)nn1.